The Labute approximate surface area is 129 Å². The van der Waals surface area contributed by atoms with E-state index in [-0.39, 0.29) is 29.0 Å². The van der Waals surface area contributed by atoms with Gasteiger partial charge in [-0.2, -0.15) is 13.2 Å². The highest BCUT2D eigenvalue weighted by molar-refractivity contribution is 6.33. The van der Waals surface area contributed by atoms with Crippen molar-refractivity contribution in [3.63, 3.8) is 0 Å². The van der Waals surface area contributed by atoms with Crippen molar-refractivity contribution in [3.8, 4) is 0 Å². The highest BCUT2D eigenvalue weighted by atomic mass is 35.5. The van der Waals surface area contributed by atoms with E-state index in [2.05, 4.69) is 5.32 Å². The maximum atomic E-state index is 12.5. The molecule has 1 aliphatic carbocycles. The first-order valence-corrected chi connectivity index (χ1v) is 6.94. The number of nitrogens with one attached hydrogen (secondary N) is 1. The maximum absolute atomic E-state index is 12.5. The maximum Gasteiger partial charge on any atom is 0.416 e. The van der Waals surface area contributed by atoms with Crippen molar-refractivity contribution in [1.82, 2.24) is 5.32 Å². The van der Waals surface area contributed by atoms with Crippen LogP contribution in [0.25, 0.3) is 0 Å². The van der Waals surface area contributed by atoms with E-state index in [9.17, 15) is 22.8 Å². The van der Waals surface area contributed by atoms with Gasteiger partial charge in [0, 0.05) is 12.5 Å². The van der Waals surface area contributed by atoms with Crippen molar-refractivity contribution >= 4 is 23.5 Å². The number of hydrogen-bond donors (Lipinski definition) is 2. The van der Waals surface area contributed by atoms with Gasteiger partial charge in [-0.3, -0.25) is 9.59 Å². The lowest BCUT2D eigenvalue weighted by Gasteiger charge is -2.35. The second-order valence-corrected chi connectivity index (χ2v) is 5.71. The van der Waals surface area contributed by atoms with Crippen LogP contribution in [-0.2, 0) is 11.0 Å². The molecule has 4 nitrogen and oxygen atoms in total. The number of alkyl halides is 3. The number of rotatable bonds is 4. The normalized spacial score (nSPS) is 21.1. The molecule has 1 amide bonds. The Morgan fingerprint density at radius 1 is 1.32 bits per heavy atom. The minimum absolute atomic E-state index is 0.0193. The second-order valence-electron chi connectivity index (χ2n) is 5.30. The summed E-state index contributed by atoms with van der Waals surface area (Å²) in [6.45, 7) is 0. The first kappa shape index (κ1) is 16.6. The molecule has 0 bridgehead atoms. The largest absolute Gasteiger partial charge is 0.481 e. The van der Waals surface area contributed by atoms with Crippen molar-refractivity contribution in [2.75, 3.05) is 0 Å². The second kappa shape index (κ2) is 6.16. The fourth-order valence-electron chi connectivity index (χ4n) is 2.41. The molecule has 120 valence electrons. The Balaban J connectivity index is 1.95. The number of carbonyl (C=O) groups excluding carboxylic acids is 1. The first-order chi connectivity index (χ1) is 10.2. The number of hydrogen-bond acceptors (Lipinski definition) is 2. The van der Waals surface area contributed by atoms with Crippen LogP contribution in [0.3, 0.4) is 0 Å². The average Bonchev–Trinajstić information content (AvgIpc) is 2.34. The molecule has 1 fully saturated rings. The molecule has 0 radical (unpaired) electrons. The van der Waals surface area contributed by atoms with Gasteiger partial charge in [0.25, 0.3) is 5.91 Å². The summed E-state index contributed by atoms with van der Waals surface area (Å²) in [6.07, 6.45) is -3.39. The smallest absolute Gasteiger partial charge is 0.416 e. The molecule has 1 saturated carbocycles. The summed E-state index contributed by atoms with van der Waals surface area (Å²) in [6, 6.07) is 2.38. The van der Waals surface area contributed by atoms with Crippen LogP contribution in [0.4, 0.5) is 13.2 Å². The molecular weight excluding hydrogens is 323 g/mol. The zero-order chi connectivity index (χ0) is 16.5. The van der Waals surface area contributed by atoms with Crippen molar-refractivity contribution in [2.24, 2.45) is 5.92 Å². The molecule has 0 heterocycles. The number of benzene rings is 1. The highest BCUT2D eigenvalue weighted by Gasteiger charge is 2.33. The summed E-state index contributed by atoms with van der Waals surface area (Å²) in [5.74, 6) is -1.43. The highest BCUT2D eigenvalue weighted by Crippen LogP contribution is 2.33. The van der Waals surface area contributed by atoms with Crippen molar-refractivity contribution in [3.05, 3.63) is 34.3 Å². The number of carboxylic acid groups (broad SMARTS) is 1. The van der Waals surface area contributed by atoms with Crippen LogP contribution in [-0.4, -0.2) is 23.0 Å². The predicted octanol–water partition coefficient (Wildman–Crippen LogP) is 3.34. The average molecular weight is 336 g/mol. The third kappa shape index (κ3) is 3.91. The minimum Gasteiger partial charge on any atom is -0.481 e. The van der Waals surface area contributed by atoms with E-state index >= 15 is 0 Å². The number of carboxylic acids is 1. The van der Waals surface area contributed by atoms with Crippen LogP contribution < -0.4 is 5.32 Å². The Morgan fingerprint density at radius 3 is 2.45 bits per heavy atom. The van der Waals surface area contributed by atoms with Crippen LogP contribution in [0, 0.1) is 5.92 Å². The van der Waals surface area contributed by atoms with E-state index in [0.29, 0.717) is 18.9 Å². The summed E-state index contributed by atoms with van der Waals surface area (Å²) in [4.78, 5) is 22.5. The van der Waals surface area contributed by atoms with Gasteiger partial charge in [-0.1, -0.05) is 11.6 Å². The van der Waals surface area contributed by atoms with Crippen LogP contribution in [0.5, 0.6) is 0 Å². The third-order valence-corrected chi connectivity index (χ3v) is 3.89. The van der Waals surface area contributed by atoms with Gasteiger partial charge in [0.2, 0.25) is 0 Å². The molecule has 8 heteroatoms. The van der Waals surface area contributed by atoms with E-state index in [4.69, 9.17) is 16.7 Å². The minimum atomic E-state index is -4.52. The molecule has 1 aliphatic rings. The van der Waals surface area contributed by atoms with Crippen LogP contribution >= 0.6 is 11.6 Å². The number of aliphatic carboxylic acids is 1. The molecule has 2 N–H and O–H groups in total. The van der Waals surface area contributed by atoms with Gasteiger partial charge >= 0.3 is 12.1 Å². The fraction of sp³-hybridized carbons (Fsp3) is 0.429. The van der Waals surface area contributed by atoms with Gasteiger partial charge in [-0.05, 0) is 37.0 Å². The Bertz CT molecular complexity index is 597. The Kier molecular flexibility index (Phi) is 4.65. The van der Waals surface area contributed by atoms with E-state index in [1.807, 2.05) is 0 Å². The lowest BCUT2D eigenvalue weighted by Crippen LogP contribution is -2.44. The molecule has 1 aromatic carbocycles. The number of amides is 1. The monoisotopic (exact) mass is 335 g/mol. The molecule has 0 saturated heterocycles. The molecule has 0 aliphatic heterocycles. The molecule has 1 aromatic rings. The summed E-state index contributed by atoms with van der Waals surface area (Å²) in [5, 5.41) is 11.0. The molecule has 0 unspecified atom stereocenters. The molecule has 0 spiro atoms. The Hall–Kier alpha value is -1.76. The van der Waals surface area contributed by atoms with Gasteiger partial charge in [0.1, 0.15) is 0 Å². The predicted molar refractivity (Wildman–Crippen MR) is 72.7 cm³/mol. The summed E-state index contributed by atoms with van der Waals surface area (Å²) in [5.41, 5.74) is -0.949. The third-order valence-electron chi connectivity index (χ3n) is 3.58. The van der Waals surface area contributed by atoms with Gasteiger partial charge in [-0.25, -0.2) is 0 Å². The molecule has 2 rings (SSSR count). The van der Waals surface area contributed by atoms with Crippen LogP contribution in [0.2, 0.25) is 5.02 Å². The molecular formula is C14H13ClF3NO3. The Morgan fingerprint density at radius 2 is 1.95 bits per heavy atom. The van der Waals surface area contributed by atoms with Gasteiger partial charge in [0.05, 0.1) is 16.1 Å². The molecule has 0 atom stereocenters. The van der Waals surface area contributed by atoms with E-state index in [1.54, 1.807) is 0 Å². The van der Waals surface area contributed by atoms with Gasteiger partial charge in [-0.15, -0.1) is 0 Å². The zero-order valence-electron chi connectivity index (χ0n) is 11.3. The van der Waals surface area contributed by atoms with E-state index in [0.717, 1.165) is 12.1 Å². The van der Waals surface area contributed by atoms with Gasteiger partial charge < -0.3 is 10.4 Å². The first-order valence-electron chi connectivity index (χ1n) is 6.56. The summed E-state index contributed by atoms with van der Waals surface area (Å²) >= 11 is 5.73. The van der Waals surface area contributed by atoms with Gasteiger partial charge in [0.15, 0.2) is 0 Å². The summed E-state index contributed by atoms with van der Waals surface area (Å²) in [7, 11) is 0. The van der Waals surface area contributed by atoms with Crippen LogP contribution in [0.1, 0.15) is 35.2 Å². The standard InChI is InChI=1S/C14H13ClF3NO3/c15-11-6-8(14(16,17)18)1-2-10(11)13(22)19-9-3-7(4-9)5-12(20)21/h1-2,6-7,9H,3-5H2,(H,19,22)(H,20,21). The SMILES string of the molecule is O=C(O)CC1CC(NC(=O)c2ccc(C(F)(F)F)cc2Cl)C1. The number of carbonyl (C=O) groups is 2. The number of halogens is 4. The van der Waals surface area contributed by atoms with Crippen molar-refractivity contribution in [2.45, 2.75) is 31.5 Å². The topological polar surface area (TPSA) is 66.4 Å². The lowest BCUT2D eigenvalue weighted by atomic mass is 9.78. The quantitative estimate of drug-likeness (QED) is 0.886. The zero-order valence-corrected chi connectivity index (χ0v) is 12.0. The van der Waals surface area contributed by atoms with E-state index < -0.39 is 23.6 Å². The fourth-order valence-corrected chi connectivity index (χ4v) is 2.67. The van der Waals surface area contributed by atoms with Crippen molar-refractivity contribution in [1.29, 1.82) is 0 Å². The summed E-state index contributed by atoms with van der Waals surface area (Å²) < 4.78 is 37.5. The van der Waals surface area contributed by atoms with Crippen LogP contribution in [0.15, 0.2) is 18.2 Å². The molecule has 0 aromatic heterocycles. The molecule has 22 heavy (non-hydrogen) atoms. The van der Waals surface area contributed by atoms with E-state index in [1.165, 1.54) is 0 Å². The van der Waals surface area contributed by atoms with Crippen molar-refractivity contribution < 1.29 is 27.9 Å². The lowest BCUT2D eigenvalue weighted by molar-refractivity contribution is -0.139.